The predicted octanol–water partition coefficient (Wildman–Crippen LogP) is 0.141. The minimum absolute atomic E-state index is 0.164. The van der Waals surface area contributed by atoms with Crippen LogP contribution in [0.15, 0.2) is 16.9 Å². The van der Waals surface area contributed by atoms with Gasteiger partial charge < -0.3 is 4.79 Å². The standard InChI is InChI=1S/C8H10N2O2/c1-7-3-4-8(12)10(9-7)5-2-6-11/h3-4,6H,2,5H2,1H3. The lowest BCUT2D eigenvalue weighted by Crippen LogP contribution is -2.22. The number of carbonyl (C=O) groups excluding carboxylic acids is 1. The van der Waals surface area contributed by atoms with Gasteiger partial charge in [0.25, 0.3) is 5.56 Å². The quantitative estimate of drug-likeness (QED) is 0.600. The van der Waals surface area contributed by atoms with Crippen molar-refractivity contribution in [3.05, 3.63) is 28.2 Å². The van der Waals surface area contributed by atoms with Gasteiger partial charge in [0.1, 0.15) is 6.29 Å². The molecule has 0 aliphatic carbocycles. The summed E-state index contributed by atoms with van der Waals surface area (Å²) in [6.07, 6.45) is 1.10. The molecule has 1 aromatic heterocycles. The SMILES string of the molecule is Cc1ccc(=O)n(CCC=O)n1. The third kappa shape index (κ3) is 2.02. The van der Waals surface area contributed by atoms with Gasteiger partial charge in [0.2, 0.25) is 0 Å². The van der Waals surface area contributed by atoms with Crippen LogP contribution in [-0.4, -0.2) is 16.1 Å². The van der Waals surface area contributed by atoms with Gasteiger partial charge in [-0.25, -0.2) is 4.68 Å². The first kappa shape index (κ1) is 8.64. The van der Waals surface area contributed by atoms with Gasteiger partial charge in [-0.15, -0.1) is 0 Å². The molecule has 0 fully saturated rings. The van der Waals surface area contributed by atoms with Gasteiger partial charge in [-0.3, -0.25) is 4.79 Å². The van der Waals surface area contributed by atoms with E-state index in [2.05, 4.69) is 5.10 Å². The lowest BCUT2D eigenvalue weighted by Gasteiger charge is -2.00. The average Bonchev–Trinajstić information content (AvgIpc) is 2.07. The summed E-state index contributed by atoms with van der Waals surface area (Å²) in [6.45, 7) is 2.17. The molecule has 0 N–H and O–H groups in total. The van der Waals surface area contributed by atoms with Crippen molar-refractivity contribution in [1.29, 1.82) is 0 Å². The number of aryl methyl sites for hydroxylation is 2. The molecule has 0 radical (unpaired) electrons. The summed E-state index contributed by atoms with van der Waals surface area (Å²) >= 11 is 0. The molecule has 0 saturated carbocycles. The molecule has 0 aliphatic rings. The van der Waals surface area contributed by atoms with Gasteiger partial charge in [-0.2, -0.15) is 5.10 Å². The molecular weight excluding hydrogens is 156 g/mol. The smallest absolute Gasteiger partial charge is 0.266 e. The van der Waals surface area contributed by atoms with Crippen molar-refractivity contribution in [3.63, 3.8) is 0 Å². The minimum Gasteiger partial charge on any atom is -0.303 e. The van der Waals surface area contributed by atoms with E-state index in [0.29, 0.717) is 13.0 Å². The van der Waals surface area contributed by atoms with Crippen LogP contribution in [0.5, 0.6) is 0 Å². The van der Waals surface area contributed by atoms with Crippen LogP contribution in [0.25, 0.3) is 0 Å². The maximum atomic E-state index is 11.1. The number of hydrogen-bond donors (Lipinski definition) is 0. The average molecular weight is 166 g/mol. The summed E-state index contributed by atoms with van der Waals surface area (Å²) in [6, 6.07) is 3.10. The molecule has 0 aromatic carbocycles. The molecule has 4 heteroatoms. The normalized spacial score (nSPS) is 9.75. The molecular formula is C8H10N2O2. The molecule has 0 unspecified atom stereocenters. The van der Waals surface area contributed by atoms with Crippen LogP contribution in [0.1, 0.15) is 12.1 Å². The summed E-state index contributed by atoms with van der Waals surface area (Å²) in [5.41, 5.74) is 0.614. The van der Waals surface area contributed by atoms with Gasteiger partial charge >= 0.3 is 0 Å². The first-order chi connectivity index (χ1) is 5.74. The van der Waals surface area contributed by atoms with Crippen LogP contribution < -0.4 is 5.56 Å². The molecule has 1 rings (SSSR count). The van der Waals surface area contributed by atoms with Crippen LogP contribution in [0.4, 0.5) is 0 Å². The Morgan fingerprint density at radius 3 is 3.00 bits per heavy atom. The molecule has 0 aliphatic heterocycles. The van der Waals surface area contributed by atoms with Gasteiger partial charge in [0.05, 0.1) is 12.2 Å². The fourth-order valence-electron chi connectivity index (χ4n) is 0.886. The Kier molecular flexibility index (Phi) is 2.74. The highest BCUT2D eigenvalue weighted by atomic mass is 16.1. The first-order valence-electron chi connectivity index (χ1n) is 3.72. The molecule has 0 saturated heterocycles. The highest BCUT2D eigenvalue weighted by Crippen LogP contribution is 1.86. The summed E-state index contributed by atoms with van der Waals surface area (Å²) < 4.78 is 1.30. The predicted molar refractivity (Wildman–Crippen MR) is 43.9 cm³/mol. The fraction of sp³-hybridized carbons (Fsp3) is 0.375. The third-order valence-corrected chi connectivity index (χ3v) is 1.46. The van der Waals surface area contributed by atoms with E-state index in [1.54, 1.807) is 13.0 Å². The van der Waals surface area contributed by atoms with Gasteiger partial charge in [-0.05, 0) is 13.0 Å². The highest BCUT2D eigenvalue weighted by Gasteiger charge is 1.95. The van der Waals surface area contributed by atoms with Crippen molar-refractivity contribution in [1.82, 2.24) is 9.78 Å². The van der Waals surface area contributed by atoms with E-state index in [9.17, 15) is 9.59 Å². The maximum absolute atomic E-state index is 11.1. The number of hydrogen-bond acceptors (Lipinski definition) is 3. The Hall–Kier alpha value is -1.45. The van der Waals surface area contributed by atoms with E-state index in [0.717, 1.165) is 12.0 Å². The Balaban J connectivity index is 2.89. The number of aldehydes is 1. The van der Waals surface area contributed by atoms with Gasteiger partial charge in [-0.1, -0.05) is 0 Å². The lowest BCUT2D eigenvalue weighted by atomic mass is 10.4. The monoisotopic (exact) mass is 166 g/mol. The number of rotatable bonds is 3. The van der Waals surface area contributed by atoms with E-state index >= 15 is 0 Å². The number of carbonyl (C=O) groups is 1. The number of aromatic nitrogens is 2. The van der Waals surface area contributed by atoms with E-state index in [1.807, 2.05) is 0 Å². The fourth-order valence-corrected chi connectivity index (χ4v) is 0.886. The van der Waals surface area contributed by atoms with Crippen LogP contribution in [0.3, 0.4) is 0 Å². The molecule has 1 heterocycles. The van der Waals surface area contributed by atoms with Crippen molar-refractivity contribution >= 4 is 6.29 Å². The molecule has 1 aromatic rings. The second-order valence-electron chi connectivity index (χ2n) is 2.49. The van der Waals surface area contributed by atoms with Crippen molar-refractivity contribution < 1.29 is 4.79 Å². The van der Waals surface area contributed by atoms with E-state index in [-0.39, 0.29) is 5.56 Å². The van der Waals surface area contributed by atoms with Gasteiger partial charge in [0.15, 0.2) is 0 Å². The summed E-state index contributed by atoms with van der Waals surface area (Å²) in [5, 5.41) is 3.96. The largest absolute Gasteiger partial charge is 0.303 e. The third-order valence-electron chi connectivity index (χ3n) is 1.46. The summed E-state index contributed by atoms with van der Waals surface area (Å²) in [5.74, 6) is 0. The Bertz CT molecular complexity index is 330. The summed E-state index contributed by atoms with van der Waals surface area (Å²) in [7, 11) is 0. The van der Waals surface area contributed by atoms with Crippen molar-refractivity contribution in [2.45, 2.75) is 19.9 Å². The Labute approximate surface area is 69.8 Å². The molecule has 4 nitrogen and oxygen atoms in total. The zero-order valence-corrected chi connectivity index (χ0v) is 6.86. The molecule has 0 amide bonds. The van der Waals surface area contributed by atoms with Crippen LogP contribution in [-0.2, 0) is 11.3 Å². The van der Waals surface area contributed by atoms with Crippen LogP contribution in [0, 0.1) is 6.92 Å². The van der Waals surface area contributed by atoms with Crippen LogP contribution >= 0.6 is 0 Å². The highest BCUT2D eigenvalue weighted by molar-refractivity contribution is 5.48. The van der Waals surface area contributed by atoms with Crippen molar-refractivity contribution in [2.24, 2.45) is 0 Å². The van der Waals surface area contributed by atoms with Crippen molar-refractivity contribution in [2.75, 3.05) is 0 Å². The second kappa shape index (κ2) is 3.80. The van der Waals surface area contributed by atoms with Crippen LogP contribution in [0.2, 0.25) is 0 Å². The zero-order valence-electron chi connectivity index (χ0n) is 6.86. The van der Waals surface area contributed by atoms with E-state index in [1.165, 1.54) is 10.7 Å². The maximum Gasteiger partial charge on any atom is 0.266 e. The molecule has 12 heavy (non-hydrogen) atoms. The second-order valence-corrected chi connectivity index (χ2v) is 2.49. The minimum atomic E-state index is -0.164. The molecule has 0 spiro atoms. The molecule has 0 bridgehead atoms. The van der Waals surface area contributed by atoms with E-state index < -0.39 is 0 Å². The Morgan fingerprint density at radius 2 is 2.33 bits per heavy atom. The van der Waals surface area contributed by atoms with E-state index in [4.69, 9.17) is 0 Å². The topological polar surface area (TPSA) is 52.0 Å². The van der Waals surface area contributed by atoms with Gasteiger partial charge in [0, 0.05) is 12.5 Å². The Morgan fingerprint density at radius 1 is 1.58 bits per heavy atom. The molecule has 64 valence electrons. The van der Waals surface area contributed by atoms with Crippen molar-refractivity contribution in [3.8, 4) is 0 Å². The first-order valence-corrected chi connectivity index (χ1v) is 3.72. The zero-order chi connectivity index (χ0) is 8.97. The lowest BCUT2D eigenvalue weighted by molar-refractivity contribution is -0.108. The number of nitrogens with zero attached hydrogens (tertiary/aromatic N) is 2. The molecule has 0 atom stereocenters. The summed E-state index contributed by atoms with van der Waals surface area (Å²) in [4.78, 5) is 21.1.